The molecule has 3 heteroatoms. The minimum Gasteiger partial charge on any atom is -0.507 e. The lowest BCUT2D eigenvalue weighted by molar-refractivity contribution is 0.413. The first-order valence-corrected chi connectivity index (χ1v) is 8.83. The maximum atomic E-state index is 10.6. The summed E-state index contributed by atoms with van der Waals surface area (Å²) in [5.74, 6) is 0.386. The Hall–Kier alpha value is -1.77. The van der Waals surface area contributed by atoms with E-state index in [1.54, 1.807) is 0 Å². The normalized spacial score (nSPS) is 26.1. The number of hydrogen-bond acceptors (Lipinski definition) is 3. The zero-order valence-electron chi connectivity index (χ0n) is 14.4. The molecular weight excluding hydrogens is 286 g/mol. The molecule has 0 unspecified atom stereocenters. The summed E-state index contributed by atoms with van der Waals surface area (Å²) in [6, 6.07) is 3.62. The summed E-state index contributed by atoms with van der Waals surface area (Å²) in [6.07, 6.45) is 8.19. The number of hydrogen-bond donors (Lipinski definition) is 2. The molecule has 23 heavy (non-hydrogen) atoms. The second-order valence-corrected chi connectivity index (χ2v) is 7.02. The number of phenolic OH excluding ortho intramolecular Hbond substituents is 2. The van der Waals surface area contributed by atoms with Crippen LogP contribution in [0.15, 0.2) is 28.8 Å². The molecule has 0 saturated heterocycles. The molecule has 1 aromatic carbocycles. The second-order valence-electron chi connectivity index (χ2n) is 7.02. The number of aryl methyl sites for hydroxylation is 1. The average molecular weight is 313 g/mol. The minimum absolute atomic E-state index is 0.0338. The first-order chi connectivity index (χ1) is 11.0. The maximum absolute atomic E-state index is 10.6. The Morgan fingerprint density at radius 1 is 1.13 bits per heavy atom. The molecule has 2 aliphatic rings. The molecule has 2 atom stereocenters. The average Bonchev–Trinajstić information content (AvgIpc) is 3.17. The van der Waals surface area contributed by atoms with Crippen LogP contribution in [-0.2, 0) is 6.42 Å². The number of nitrogens with zero attached hydrogens (tertiary/aromatic N) is 1. The zero-order valence-corrected chi connectivity index (χ0v) is 14.4. The Kier molecular flexibility index (Phi) is 4.22. The van der Waals surface area contributed by atoms with Crippen molar-refractivity contribution in [3.8, 4) is 11.5 Å². The van der Waals surface area contributed by atoms with Gasteiger partial charge in [0.2, 0.25) is 0 Å². The van der Waals surface area contributed by atoms with Crippen molar-refractivity contribution in [3.05, 3.63) is 34.9 Å². The van der Waals surface area contributed by atoms with E-state index < -0.39 is 0 Å². The smallest absolute Gasteiger partial charge is 0.123 e. The third-order valence-corrected chi connectivity index (χ3v) is 5.18. The van der Waals surface area contributed by atoms with Crippen LogP contribution >= 0.6 is 0 Å². The zero-order chi connectivity index (χ0) is 16.6. The molecule has 124 valence electrons. The van der Waals surface area contributed by atoms with E-state index >= 15 is 0 Å². The summed E-state index contributed by atoms with van der Waals surface area (Å²) < 4.78 is 0. The van der Waals surface area contributed by atoms with Gasteiger partial charge in [0.25, 0.3) is 0 Å². The SMILES string of the molecule is CCCC1=N[C@]12CCC(C)=C[C@H]2c1c(O)cc(CCC)cc1O. The van der Waals surface area contributed by atoms with Gasteiger partial charge in [0.05, 0.1) is 0 Å². The molecule has 1 aliphatic carbocycles. The van der Waals surface area contributed by atoms with Gasteiger partial charge in [-0.15, -0.1) is 0 Å². The summed E-state index contributed by atoms with van der Waals surface area (Å²) in [6.45, 7) is 6.39. The van der Waals surface area contributed by atoms with Crippen LogP contribution in [-0.4, -0.2) is 21.5 Å². The van der Waals surface area contributed by atoms with E-state index in [0.717, 1.165) is 44.1 Å². The highest BCUT2D eigenvalue weighted by atomic mass is 16.3. The third kappa shape index (κ3) is 2.77. The molecule has 0 saturated carbocycles. The molecule has 0 bridgehead atoms. The van der Waals surface area contributed by atoms with Crippen molar-refractivity contribution in [1.29, 1.82) is 0 Å². The fourth-order valence-corrected chi connectivity index (χ4v) is 3.97. The van der Waals surface area contributed by atoms with Crippen molar-refractivity contribution in [1.82, 2.24) is 0 Å². The van der Waals surface area contributed by atoms with Gasteiger partial charge in [-0.05, 0) is 50.3 Å². The standard InChI is InChI=1S/C20H27NO2/c1-4-6-14-11-16(22)19(17(23)12-14)15-10-13(3)8-9-20(15)18(21-20)7-5-2/h10-12,15,22-23H,4-9H2,1-3H3/t15-,20-/m0/s1. The number of allylic oxidation sites excluding steroid dienone is 1. The number of aliphatic imine (C=N–C) groups is 1. The number of aromatic hydroxyl groups is 2. The first-order valence-electron chi connectivity index (χ1n) is 8.83. The quantitative estimate of drug-likeness (QED) is 0.762. The van der Waals surface area contributed by atoms with E-state index in [1.807, 2.05) is 12.1 Å². The van der Waals surface area contributed by atoms with Gasteiger partial charge in [0.1, 0.15) is 17.0 Å². The molecule has 0 amide bonds. The molecule has 3 nitrogen and oxygen atoms in total. The van der Waals surface area contributed by atoms with Gasteiger partial charge in [0.15, 0.2) is 0 Å². The van der Waals surface area contributed by atoms with Crippen molar-refractivity contribution >= 4 is 5.71 Å². The Morgan fingerprint density at radius 2 is 1.78 bits per heavy atom. The van der Waals surface area contributed by atoms with Crippen molar-refractivity contribution in [2.24, 2.45) is 4.99 Å². The van der Waals surface area contributed by atoms with Crippen molar-refractivity contribution in [3.63, 3.8) is 0 Å². The summed E-state index contributed by atoms with van der Waals surface area (Å²) in [4.78, 5) is 4.82. The monoisotopic (exact) mass is 313 g/mol. The van der Waals surface area contributed by atoms with Crippen molar-refractivity contribution < 1.29 is 10.2 Å². The van der Waals surface area contributed by atoms with Crippen LogP contribution in [0.2, 0.25) is 0 Å². The predicted octanol–water partition coefficient (Wildman–Crippen LogP) is 4.87. The van der Waals surface area contributed by atoms with E-state index in [0.29, 0.717) is 5.56 Å². The van der Waals surface area contributed by atoms with Crippen LogP contribution in [0.4, 0.5) is 0 Å². The molecule has 0 aromatic heterocycles. The van der Waals surface area contributed by atoms with Gasteiger partial charge < -0.3 is 10.2 Å². The van der Waals surface area contributed by atoms with E-state index in [2.05, 4.69) is 26.8 Å². The Bertz CT molecular complexity index is 651. The highest BCUT2D eigenvalue weighted by molar-refractivity contribution is 6.07. The molecule has 0 radical (unpaired) electrons. The predicted molar refractivity (Wildman–Crippen MR) is 94.6 cm³/mol. The number of phenols is 2. The lowest BCUT2D eigenvalue weighted by Gasteiger charge is -2.31. The molecule has 3 rings (SSSR count). The van der Waals surface area contributed by atoms with Gasteiger partial charge in [-0.3, -0.25) is 4.99 Å². The fraction of sp³-hybridized carbons (Fsp3) is 0.550. The largest absolute Gasteiger partial charge is 0.507 e. The molecule has 1 heterocycles. The van der Waals surface area contributed by atoms with Crippen molar-refractivity contribution in [2.75, 3.05) is 0 Å². The Morgan fingerprint density at radius 3 is 2.39 bits per heavy atom. The van der Waals surface area contributed by atoms with Gasteiger partial charge >= 0.3 is 0 Å². The van der Waals surface area contributed by atoms with Crippen LogP contribution in [0.25, 0.3) is 0 Å². The highest BCUT2D eigenvalue weighted by Gasteiger charge is 2.54. The van der Waals surface area contributed by atoms with E-state index in [4.69, 9.17) is 4.99 Å². The molecule has 1 aliphatic heterocycles. The van der Waals surface area contributed by atoms with Gasteiger partial charge in [-0.25, -0.2) is 0 Å². The maximum Gasteiger partial charge on any atom is 0.123 e. The highest BCUT2D eigenvalue weighted by Crippen LogP contribution is 2.54. The summed E-state index contributed by atoms with van der Waals surface area (Å²) in [5.41, 5.74) is 4.03. The number of benzene rings is 1. The van der Waals surface area contributed by atoms with Gasteiger partial charge in [-0.2, -0.15) is 0 Å². The van der Waals surface area contributed by atoms with Gasteiger partial charge in [0, 0.05) is 17.2 Å². The second kappa shape index (κ2) is 6.03. The Labute approximate surface area is 138 Å². The summed E-state index contributed by atoms with van der Waals surface area (Å²) >= 11 is 0. The molecule has 0 fully saturated rings. The van der Waals surface area contributed by atoms with Crippen LogP contribution in [0.5, 0.6) is 11.5 Å². The lowest BCUT2D eigenvalue weighted by Crippen LogP contribution is -2.30. The lowest BCUT2D eigenvalue weighted by atomic mass is 9.72. The van der Waals surface area contributed by atoms with Crippen LogP contribution in [0.3, 0.4) is 0 Å². The van der Waals surface area contributed by atoms with Crippen molar-refractivity contribution in [2.45, 2.75) is 70.8 Å². The minimum atomic E-state index is -0.184. The molecule has 1 spiro atoms. The van der Waals surface area contributed by atoms with Gasteiger partial charge in [-0.1, -0.05) is 38.3 Å². The van der Waals surface area contributed by atoms with Crippen LogP contribution in [0.1, 0.15) is 69.9 Å². The van der Waals surface area contributed by atoms with E-state index in [1.165, 1.54) is 11.3 Å². The van der Waals surface area contributed by atoms with E-state index in [-0.39, 0.29) is 23.0 Å². The van der Waals surface area contributed by atoms with Crippen LogP contribution in [0, 0.1) is 0 Å². The topological polar surface area (TPSA) is 52.8 Å². The molecular formula is C20H27NO2. The summed E-state index contributed by atoms with van der Waals surface area (Å²) in [7, 11) is 0. The third-order valence-electron chi connectivity index (χ3n) is 5.18. The molecule has 1 aromatic rings. The van der Waals surface area contributed by atoms with E-state index in [9.17, 15) is 10.2 Å². The summed E-state index contributed by atoms with van der Waals surface area (Å²) in [5, 5.41) is 21.1. The first kappa shape index (κ1) is 16.1. The Balaban J connectivity index is 2.00. The van der Waals surface area contributed by atoms with Crippen LogP contribution < -0.4 is 0 Å². The molecule has 2 N–H and O–H groups in total. The fourth-order valence-electron chi connectivity index (χ4n) is 3.97. The number of rotatable bonds is 5.